The van der Waals surface area contributed by atoms with E-state index in [4.69, 9.17) is 0 Å². The van der Waals surface area contributed by atoms with E-state index in [-0.39, 0.29) is 0 Å². The highest BCUT2D eigenvalue weighted by Crippen LogP contribution is 2.32. The number of H-pyrrole nitrogens is 1. The van der Waals surface area contributed by atoms with Gasteiger partial charge >= 0.3 is 0 Å². The minimum atomic E-state index is 0.300. The van der Waals surface area contributed by atoms with Crippen LogP contribution in [-0.2, 0) is 17.8 Å². The quantitative estimate of drug-likeness (QED) is 0.900. The van der Waals surface area contributed by atoms with Crippen LogP contribution in [0.5, 0.6) is 0 Å². The molecule has 26 heavy (non-hydrogen) atoms. The molecule has 0 saturated carbocycles. The monoisotopic (exact) mass is 352 g/mol. The molecular formula is C21H28N4O. The Kier molecular flexibility index (Phi) is 4.81. The van der Waals surface area contributed by atoms with Gasteiger partial charge in [-0.15, -0.1) is 0 Å². The molecule has 5 heteroatoms. The lowest BCUT2D eigenvalue weighted by atomic mass is 10.0. The number of amides is 1. The normalized spacial score (nSPS) is 22.8. The van der Waals surface area contributed by atoms with Crippen molar-refractivity contribution in [3.05, 3.63) is 52.8 Å². The molecule has 0 aliphatic carbocycles. The SMILES string of the molecule is Cc1n[nH]c(C)c1CCC(=O)N1C[C@H]2CN(Cc3ccccc3)C[C@H]2C1. The van der Waals surface area contributed by atoms with Crippen LogP contribution in [0.3, 0.4) is 0 Å². The van der Waals surface area contributed by atoms with Crippen molar-refractivity contribution in [3.63, 3.8) is 0 Å². The van der Waals surface area contributed by atoms with Crippen molar-refractivity contribution in [1.82, 2.24) is 20.0 Å². The van der Waals surface area contributed by atoms with E-state index in [2.05, 4.69) is 50.3 Å². The van der Waals surface area contributed by atoms with Gasteiger partial charge in [0.2, 0.25) is 5.91 Å². The molecule has 0 unspecified atom stereocenters. The first-order chi connectivity index (χ1) is 12.6. The van der Waals surface area contributed by atoms with Crippen molar-refractivity contribution in [1.29, 1.82) is 0 Å². The zero-order valence-corrected chi connectivity index (χ0v) is 15.7. The third-order valence-corrected chi connectivity index (χ3v) is 6.03. The second kappa shape index (κ2) is 7.23. The molecule has 2 aliphatic rings. The minimum absolute atomic E-state index is 0.300. The summed E-state index contributed by atoms with van der Waals surface area (Å²) in [5.41, 5.74) is 4.69. The lowest BCUT2D eigenvalue weighted by molar-refractivity contribution is -0.130. The highest BCUT2D eigenvalue weighted by molar-refractivity contribution is 5.77. The van der Waals surface area contributed by atoms with Crippen LogP contribution in [0.1, 0.15) is 28.9 Å². The molecule has 2 aromatic rings. The van der Waals surface area contributed by atoms with E-state index in [1.807, 2.05) is 13.8 Å². The number of nitrogens with one attached hydrogen (secondary N) is 1. The summed E-state index contributed by atoms with van der Waals surface area (Å²) in [5, 5.41) is 7.23. The van der Waals surface area contributed by atoms with Crippen molar-refractivity contribution in [2.75, 3.05) is 26.2 Å². The summed E-state index contributed by atoms with van der Waals surface area (Å²) in [6.45, 7) is 9.15. The van der Waals surface area contributed by atoms with Gasteiger partial charge in [-0.2, -0.15) is 5.10 Å². The average Bonchev–Trinajstić information content (AvgIpc) is 3.28. The second-order valence-corrected chi connectivity index (χ2v) is 7.91. The Bertz CT molecular complexity index is 736. The number of carbonyl (C=O) groups is 1. The predicted molar refractivity (Wildman–Crippen MR) is 102 cm³/mol. The summed E-state index contributed by atoms with van der Waals surface area (Å²) >= 11 is 0. The van der Waals surface area contributed by atoms with Crippen LogP contribution in [0, 0.1) is 25.7 Å². The summed E-state index contributed by atoms with van der Waals surface area (Å²) in [5.74, 6) is 1.58. The summed E-state index contributed by atoms with van der Waals surface area (Å²) in [7, 11) is 0. The molecule has 0 spiro atoms. The fraction of sp³-hybridized carbons (Fsp3) is 0.524. The number of carbonyl (C=O) groups excluding carboxylic acids is 1. The summed E-state index contributed by atoms with van der Waals surface area (Å²) in [6.07, 6.45) is 1.38. The van der Waals surface area contributed by atoms with Crippen LogP contribution in [0.2, 0.25) is 0 Å². The van der Waals surface area contributed by atoms with Crippen LogP contribution in [0.15, 0.2) is 30.3 Å². The lowest BCUT2D eigenvalue weighted by Gasteiger charge is -2.21. The fourth-order valence-corrected chi connectivity index (χ4v) is 4.60. The van der Waals surface area contributed by atoms with Gasteiger partial charge in [-0.25, -0.2) is 0 Å². The number of hydrogen-bond acceptors (Lipinski definition) is 3. The van der Waals surface area contributed by atoms with Crippen molar-refractivity contribution in [2.24, 2.45) is 11.8 Å². The van der Waals surface area contributed by atoms with Crippen molar-refractivity contribution in [3.8, 4) is 0 Å². The van der Waals surface area contributed by atoms with E-state index in [0.717, 1.165) is 50.5 Å². The molecule has 1 aromatic heterocycles. The van der Waals surface area contributed by atoms with Gasteiger partial charge in [-0.05, 0) is 43.2 Å². The molecule has 4 rings (SSSR count). The van der Waals surface area contributed by atoms with Crippen LogP contribution in [0.25, 0.3) is 0 Å². The van der Waals surface area contributed by atoms with Crippen molar-refractivity contribution < 1.29 is 4.79 Å². The Hall–Kier alpha value is -2.14. The summed E-state index contributed by atoms with van der Waals surface area (Å²) in [4.78, 5) is 17.3. The van der Waals surface area contributed by atoms with Crippen LogP contribution >= 0.6 is 0 Å². The van der Waals surface area contributed by atoms with Gasteiger partial charge in [0, 0.05) is 44.8 Å². The van der Waals surface area contributed by atoms with E-state index in [9.17, 15) is 4.79 Å². The van der Waals surface area contributed by atoms with Crippen LogP contribution in [-0.4, -0.2) is 52.1 Å². The van der Waals surface area contributed by atoms with Crippen molar-refractivity contribution in [2.45, 2.75) is 33.2 Å². The van der Waals surface area contributed by atoms with E-state index in [1.165, 1.54) is 11.1 Å². The zero-order valence-electron chi connectivity index (χ0n) is 15.7. The van der Waals surface area contributed by atoms with Crippen molar-refractivity contribution >= 4 is 5.91 Å². The summed E-state index contributed by atoms with van der Waals surface area (Å²) in [6, 6.07) is 10.7. The zero-order chi connectivity index (χ0) is 18.1. The molecule has 1 aromatic carbocycles. The van der Waals surface area contributed by atoms with Gasteiger partial charge in [0.05, 0.1) is 5.69 Å². The Balaban J connectivity index is 1.27. The second-order valence-electron chi connectivity index (χ2n) is 7.91. The predicted octanol–water partition coefficient (Wildman–Crippen LogP) is 2.55. The third kappa shape index (κ3) is 3.54. The molecule has 2 saturated heterocycles. The maximum absolute atomic E-state index is 12.6. The van der Waals surface area contributed by atoms with Gasteiger partial charge in [0.15, 0.2) is 0 Å². The van der Waals surface area contributed by atoms with E-state index in [0.29, 0.717) is 24.2 Å². The Labute approximate surface area is 155 Å². The topological polar surface area (TPSA) is 52.2 Å². The molecule has 1 N–H and O–H groups in total. The fourth-order valence-electron chi connectivity index (χ4n) is 4.60. The molecule has 5 nitrogen and oxygen atoms in total. The average molecular weight is 352 g/mol. The van der Waals surface area contributed by atoms with E-state index in [1.54, 1.807) is 0 Å². The number of rotatable bonds is 5. The van der Waals surface area contributed by atoms with E-state index >= 15 is 0 Å². The highest BCUT2D eigenvalue weighted by atomic mass is 16.2. The first kappa shape index (κ1) is 17.3. The smallest absolute Gasteiger partial charge is 0.222 e. The van der Waals surface area contributed by atoms with E-state index < -0.39 is 0 Å². The third-order valence-electron chi connectivity index (χ3n) is 6.03. The van der Waals surface area contributed by atoms with Crippen LogP contribution < -0.4 is 0 Å². The van der Waals surface area contributed by atoms with Crippen LogP contribution in [0.4, 0.5) is 0 Å². The number of nitrogens with zero attached hydrogens (tertiary/aromatic N) is 3. The molecule has 3 heterocycles. The summed E-state index contributed by atoms with van der Waals surface area (Å²) < 4.78 is 0. The molecule has 0 radical (unpaired) electrons. The number of aromatic nitrogens is 2. The molecule has 0 bridgehead atoms. The molecule has 138 valence electrons. The lowest BCUT2D eigenvalue weighted by Crippen LogP contribution is -2.33. The molecule has 2 aliphatic heterocycles. The molecule has 2 fully saturated rings. The first-order valence-corrected chi connectivity index (χ1v) is 9.64. The van der Waals surface area contributed by atoms with Gasteiger partial charge in [0.1, 0.15) is 0 Å². The largest absolute Gasteiger partial charge is 0.342 e. The van der Waals surface area contributed by atoms with Gasteiger partial charge in [0.25, 0.3) is 0 Å². The van der Waals surface area contributed by atoms with Gasteiger partial charge < -0.3 is 4.90 Å². The number of benzene rings is 1. The maximum atomic E-state index is 12.6. The minimum Gasteiger partial charge on any atom is -0.342 e. The Morgan fingerprint density at radius 1 is 1.12 bits per heavy atom. The number of aromatic amines is 1. The number of likely N-dealkylation sites (tertiary alicyclic amines) is 2. The number of fused-ring (bicyclic) bond motifs is 1. The first-order valence-electron chi connectivity index (χ1n) is 9.64. The Morgan fingerprint density at radius 2 is 1.81 bits per heavy atom. The molecular weight excluding hydrogens is 324 g/mol. The number of hydrogen-bond donors (Lipinski definition) is 1. The van der Waals surface area contributed by atoms with Gasteiger partial charge in [-0.1, -0.05) is 30.3 Å². The Morgan fingerprint density at radius 3 is 2.42 bits per heavy atom. The molecule has 2 atom stereocenters. The number of aryl methyl sites for hydroxylation is 2. The van der Waals surface area contributed by atoms with Gasteiger partial charge in [-0.3, -0.25) is 14.8 Å². The maximum Gasteiger partial charge on any atom is 0.222 e. The highest BCUT2D eigenvalue weighted by Gasteiger charge is 2.41. The molecule has 1 amide bonds. The standard InChI is InChI=1S/C21H28N4O/c1-15-20(16(2)23-22-15)8-9-21(26)25-13-18-11-24(12-19(18)14-25)10-17-6-4-3-5-7-17/h3-7,18-19H,8-14H2,1-2H3,(H,22,23)/t18-,19+.